The van der Waals surface area contributed by atoms with E-state index in [2.05, 4.69) is 15.9 Å². The highest BCUT2D eigenvalue weighted by atomic mass is 79.9. The van der Waals surface area contributed by atoms with Crippen LogP contribution in [0.2, 0.25) is 0 Å². The van der Waals surface area contributed by atoms with Crippen molar-refractivity contribution in [2.45, 2.75) is 0 Å². The molecule has 0 aliphatic carbocycles. The van der Waals surface area contributed by atoms with Gasteiger partial charge in [0.25, 0.3) is 5.91 Å². The fourth-order valence-electron chi connectivity index (χ4n) is 1.95. The van der Waals surface area contributed by atoms with E-state index in [0.717, 1.165) is 0 Å². The number of hydrogen-bond donors (Lipinski definition) is 1. The van der Waals surface area contributed by atoms with Crippen LogP contribution in [0.5, 0.6) is 0 Å². The highest BCUT2D eigenvalue weighted by Crippen LogP contribution is 2.18. The lowest BCUT2D eigenvalue weighted by Gasteiger charge is -2.22. The maximum absolute atomic E-state index is 12.5. The Morgan fingerprint density at radius 1 is 0.952 bits per heavy atom. The van der Waals surface area contributed by atoms with Crippen molar-refractivity contribution in [3.63, 3.8) is 0 Å². The second kappa shape index (κ2) is 7.04. The highest BCUT2D eigenvalue weighted by Gasteiger charge is 2.17. The first-order valence-electron chi connectivity index (χ1n) is 6.39. The number of halogens is 1. The van der Waals surface area contributed by atoms with Crippen LogP contribution in [0, 0.1) is 0 Å². The number of carboxylic acid groups (broad SMARTS) is 1. The van der Waals surface area contributed by atoms with Crippen LogP contribution in [0.15, 0.2) is 54.6 Å². The fraction of sp³-hybridized carbons (Fsp3) is 0.125. The van der Waals surface area contributed by atoms with Crippen LogP contribution in [0.1, 0.15) is 20.7 Å². The molecule has 1 amide bonds. The number of carboxylic acids is 1. The van der Waals surface area contributed by atoms with Gasteiger partial charge in [0.05, 0.1) is 5.56 Å². The summed E-state index contributed by atoms with van der Waals surface area (Å²) in [5, 5.41) is 9.55. The molecule has 0 unspecified atom stereocenters. The number of hydrogen-bond acceptors (Lipinski definition) is 2. The van der Waals surface area contributed by atoms with Crippen LogP contribution in [-0.2, 0) is 0 Å². The van der Waals surface area contributed by atoms with Gasteiger partial charge in [0.2, 0.25) is 0 Å². The third kappa shape index (κ3) is 3.70. The van der Waals surface area contributed by atoms with Gasteiger partial charge in [-0.25, -0.2) is 4.79 Å². The van der Waals surface area contributed by atoms with E-state index < -0.39 is 5.97 Å². The van der Waals surface area contributed by atoms with E-state index in [1.807, 2.05) is 18.2 Å². The summed E-state index contributed by atoms with van der Waals surface area (Å²) in [6, 6.07) is 15.3. The van der Waals surface area contributed by atoms with Crippen molar-refractivity contribution in [1.82, 2.24) is 0 Å². The Morgan fingerprint density at radius 3 is 2.10 bits per heavy atom. The van der Waals surface area contributed by atoms with Crippen LogP contribution in [0.25, 0.3) is 0 Å². The Hall–Kier alpha value is -2.14. The van der Waals surface area contributed by atoms with Gasteiger partial charge in [-0.15, -0.1) is 0 Å². The number of alkyl halides is 1. The summed E-state index contributed by atoms with van der Waals surface area (Å²) >= 11 is 3.34. The first-order valence-corrected chi connectivity index (χ1v) is 7.52. The predicted octanol–water partition coefficient (Wildman–Crippen LogP) is 3.43. The minimum absolute atomic E-state index is 0.113. The van der Waals surface area contributed by atoms with Gasteiger partial charge in [0.1, 0.15) is 0 Å². The van der Waals surface area contributed by atoms with Crippen molar-refractivity contribution in [3.8, 4) is 0 Å². The van der Waals surface area contributed by atoms with E-state index in [9.17, 15) is 9.59 Å². The standard InChI is InChI=1S/C16H14BrNO3/c17-10-11-18(15(19)12-4-2-1-3-5-12)14-8-6-13(7-9-14)16(20)21/h1-9H,10-11H2,(H,20,21). The molecule has 2 aromatic carbocycles. The van der Waals surface area contributed by atoms with Crippen molar-refractivity contribution in [1.29, 1.82) is 0 Å². The monoisotopic (exact) mass is 347 g/mol. The Bertz CT molecular complexity index is 626. The zero-order chi connectivity index (χ0) is 15.2. The lowest BCUT2D eigenvalue weighted by atomic mass is 10.1. The van der Waals surface area contributed by atoms with Crippen molar-refractivity contribution in [3.05, 3.63) is 65.7 Å². The normalized spacial score (nSPS) is 10.1. The molecule has 0 atom stereocenters. The number of anilines is 1. The maximum Gasteiger partial charge on any atom is 0.335 e. The summed E-state index contributed by atoms with van der Waals surface area (Å²) in [4.78, 5) is 25.0. The number of nitrogens with zero attached hydrogens (tertiary/aromatic N) is 1. The van der Waals surface area contributed by atoms with Gasteiger partial charge in [-0.05, 0) is 36.4 Å². The van der Waals surface area contributed by atoms with Crippen molar-refractivity contribution < 1.29 is 14.7 Å². The summed E-state index contributed by atoms with van der Waals surface area (Å²) in [6.07, 6.45) is 0. The first kappa shape index (κ1) is 15.3. The third-order valence-electron chi connectivity index (χ3n) is 3.00. The molecule has 0 aliphatic heterocycles. The maximum atomic E-state index is 12.5. The Balaban J connectivity index is 2.30. The lowest BCUT2D eigenvalue weighted by molar-refractivity contribution is 0.0696. The minimum atomic E-state index is -0.983. The van der Waals surface area contributed by atoms with E-state index in [0.29, 0.717) is 23.1 Å². The molecule has 2 aromatic rings. The molecular weight excluding hydrogens is 334 g/mol. The molecule has 4 nitrogen and oxygen atoms in total. The molecule has 0 bridgehead atoms. The zero-order valence-corrected chi connectivity index (χ0v) is 12.8. The van der Waals surface area contributed by atoms with E-state index in [4.69, 9.17) is 5.11 Å². The molecule has 0 spiro atoms. The van der Waals surface area contributed by atoms with Gasteiger partial charge in [-0.1, -0.05) is 34.1 Å². The molecule has 0 heterocycles. The van der Waals surface area contributed by atoms with Crippen LogP contribution in [0.4, 0.5) is 5.69 Å². The van der Waals surface area contributed by atoms with Gasteiger partial charge < -0.3 is 10.0 Å². The lowest BCUT2D eigenvalue weighted by Crippen LogP contribution is -2.32. The molecule has 5 heteroatoms. The summed E-state index contributed by atoms with van der Waals surface area (Å²) < 4.78 is 0. The summed E-state index contributed by atoms with van der Waals surface area (Å²) in [5.74, 6) is -1.10. The molecule has 0 aliphatic rings. The third-order valence-corrected chi connectivity index (χ3v) is 3.35. The molecule has 0 fully saturated rings. The average molecular weight is 348 g/mol. The van der Waals surface area contributed by atoms with E-state index in [1.165, 1.54) is 12.1 Å². The van der Waals surface area contributed by atoms with Crippen molar-refractivity contribution in [2.75, 3.05) is 16.8 Å². The number of amides is 1. The topological polar surface area (TPSA) is 57.6 Å². The van der Waals surface area contributed by atoms with Gasteiger partial charge in [0, 0.05) is 23.1 Å². The molecular formula is C16H14BrNO3. The number of carbonyl (C=O) groups is 2. The molecule has 21 heavy (non-hydrogen) atoms. The number of carbonyl (C=O) groups excluding carboxylic acids is 1. The summed E-state index contributed by atoms with van der Waals surface area (Å²) in [5.41, 5.74) is 1.47. The highest BCUT2D eigenvalue weighted by molar-refractivity contribution is 9.09. The smallest absolute Gasteiger partial charge is 0.335 e. The Labute approximate surface area is 131 Å². The predicted molar refractivity (Wildman–Crippen MR) is 85.3 cm³/mol. The van der Waals surface area contributed by atoms with Crippen molar-refractivity contribution >= 4 is 33.5 Å². The van der Waals surface area contributed by atoms with Crippen LogP contribution < -0.4 is 4.90 Å². The quantitative estimate of drug-likeness (QED) is 0.843. The van der Waals surface area contributed by atoms with Gasteiger partial charge in [-0.2, -0.15) is 0 Å². The van der Waals surface area contributed by atoms with Gasteiger partial charge in [0.15, 0.2) is 0 Å². The minimum Gasteiger partial charge on any atom is -0.478 e. The van der Waals surface area contributed by atoms with Crippen LogP contribution in [-0.4, -0.2) is 28.9 Å². The largest absolute Gasteiger partial charge is 0.478 e. The Kier molecular flexibility index (Phi) is 5.11. The molecule has 0 aromatic heterocycles. The molecule has 2 rings (SSSR count). The van der Waals surface area contributed by atoms with Crippen LogP contribution >= 0.6 is 15.9 Å². The average Bonchev–Trinajstić information content (AvgIpc) is 2.53. The molecule has 1 N–H and O–H groups in total. The van der Waals surface area contributed by atoms with Gasteiger partial charge in [-0.3, -0.25) is 4.79 Å². The summed E-state index contributed by atoms with van der Waals surface area (Å²) in [7, 11) is 0. The van der Waals surface area contributed by atoms with Gasteiger partial charge >= 0.3 is 5.97 Å². The first-order chi connectivity index (χ1) is 10.1. The zero-order valence-electron chi connectivity index (χ0n) is 11.2. The number of aromatic carboxylic acids is 1. The van der Waals surface area contributed by atoms with Crippen molar-refractivity contribution in [2.24, 2.45) is 0 Å². The molecule has 0 saturated heterocycles. The number of rotatable bonds is 5. The Morgan fingerprint density at radius 2 is 1.57 bits per heavy atom. The van der Waals surface area contributed by atoms with E-state index in [-0.39, 0.29) is 11.5 Å². The molecule has 0 radical (unpaired) electrons. The number of benzene rings is 2. The molecule has 108 valence electrons. The second-order valence-corrected chi connectivity index (χ2v) is 5.16. The molecule has 0 saturated carbocycles. The summed E-state index contributed by atoms with van der Waals surface area (Å²) in [6.45, 7) is 0.500. The van der Waals surface area contributed by atoms with E-state index in [1.54, 1.807) is 29.2 Å². The second-order valence-electron chi connectivity index (χ2n) is 4.36. The van der Waals surface area contributed by atoms with E-state index >= 15 is 0 Å². The van der Waals surface area contributed by atoms with Crippen LogP contribution in [0.3, 0.4) is 0 Å². The fourth-order valence-corrected chi connectivity index (χ4v) is 2.31. The SMILES string of the molecule is O=C(O)c1ccc(N(CCBr)C(=O)c2ccccc2)cc1.